The van der Waals surface area contributed by atoms with Crippen LogP contribution in [0, 0.1) is 4.77 Å². The molecule has 0 saturated heterocycles. The van der Waals surface area contributed by atoms with Crippen molar-refractivity contribution in [2.45, 2.75) is 0 Å². The van der Waals surface area contributed by atoms with Gasteiger partial charge in [-0.1, -0.05) is 18.2 Å². The van der Waals surface area contributed by atoms with Crippen molar-refractivity contribution in [3.8, 4) is 0 Å². The molecule has 0 aliphatic rings. The molecule has 1 aromatic heterocycles. The summed E-state index contributed by atoms with van der Waals surface area (Å²) >= 11 is 0.367. The third kappa shape index (κ3) is 1.16. The Hall–Kier alpha value is -1.42. The van der Waals surface area contributed by atoms with E-state index in [1.807, 2.05) is 24.3 Å². The van der Waals surface area contributed by atoms with Crippen LogP contribution in [0.5, 0.6) is 0 Å². The maximum Gasteiger partial charge on any atom is 0.226 e. The second kappa shape index (κ2) is 2.91. The van der Waals surface area contributed by atoms with E-state index in [-0.39, 0.29) is 0 Å². The Morgan fingerprint density at radius 1 is 1.33 bits per heavy atom. The van der Waals surface area contributed by atoms with E-state index < -0.39 is 0 Å². The number of rotatable bonds is 0. The number of para-hydroxylation sites is 1. The first-order chi connectivity index (χ1) is 5.90. The van der Waals surface area contributed by atoms with Gasteiger partial charge < -0.3 is 4.98 Å². The third-order valence-corrected chi connectivity index (χ3v) is 1.97. The van der Waals surface area contributed by atoms with Crippen LogP contribution >= 0.6 is 0 Å². The van der Waals surface area contributed by atoms with Crippen LogP contribution in [0.3, 0.4) is 0 Å². The number of benzene rings is 1. The van der Waals surface area contributed by atoms with Crippen molar-refractivity contribution >= 4 is 22.2 Å². The minimum Gasteiger partial charge on any atom is -0.328 e. The number of nitrogens with zero attached hydrogens (tertiary/aromatic N) is 1. The molecule has 0 fully saturated rings. The highest BCUT2D eigenvalue weighted by Crippen LogP contribution is 2.06. The molecule has 0 saturated carbocycles. The van der Waals surface area contributed by atoms with Gasteiger partial charge in [0.25, 0.3) is 0 Å². The van der Waals surface area contributed by atoms with Gasteiger partial charge in [-0.05, 0) is 6.07 Å². The number of aromatic amines is 1. The Labute approximate surface area is 72.2 Å². The van der Waals surface area contributed by atoms with Crippen LogP contribution in [-0.2, 0) is 11.3 Å². The van der Waals surface area contributed by atoms with E-state index in [1.165, 1.54) is 0 Å². The van der Waals surface area contributed by atoms with Crippen molar-refractivity contribution in [1.29, 1.82) is 0 Å². The summed E-state index contributed by atoms with van der Waals surface area (Å²) in [6.07, 6.45) is 1.69. The summed E-state index contributed by atoms with van der Waals surface area (Å²) in [5, 5.41) is 1.01. The Morgan fingerprint density at radius 2 is 2.17 bits per heavy atom. The van der Waals surface area contributed by atoms with Gasteiger partial charge in [-0.3, -0.25) is 0 Å². The highest BCUT2D eigenvalue weighted by molar-refractivity contribution is 7.56. The molecule has 2 rings (SSSR count). The van der Waals surface area contributed by atoms with Crippen molar-refractivity contribution < 1.29 is 4.21 Å². The number of fused-ring (bicyclic) bond motifs is 1. The third-order valence-electron chi connectivity index (χ3n) is 1.60. The minimum atomic E-state index is 0.367. The van der Waals surface area contributed by atoms with Crippen LogP contribution in [0.25, 0.3) is 10.9 Å². The lowest BCUT2D eigenvalue weighted by molar-refractivity contribution is 0.698. The average molecular weight is 178 g/mol. The molecular weight excluding hydrogens is 172 g/mol. The van der Waals surface area contributed by atoms with Crippen LogP contribution in [0.2, 0.25) is 0 Å². The molecule has 0 amide bonds. The molecular formula is C8H6N2OS. The fourth-order valence-corrected chi connectivity index (χ4v) is 1.29. The van der Waals surface area contributed by atoms with E-state index in [0.29, 0.717) is 16.0 Å². The number of H-pyrrole nitrogens is 1. The fraction of sp³-hybridized carbons (Fsp3) is 0. The van der Waals surface area contributed by atoms with E-state index >= 15 is 0 Å². The zero-order chi connectivity index (χ0) is 8.39. The fourth-order valence-electron chi connectivity index (χ4n) is 1.04. The normalized spacial score (nSPS) is 10.0. The molecule has 0 radical (unpaired) electrons. The maximum atomic E-state index is 10.4. The zero-order valence-electron chi connectivity index (χ0n) is 6.15. The lowest BCUT2D eigenvalue weighted by Crippen LogP contribution is -1.83. The molecule has 60 valence electrons. The predicted molar refractivity (Wildman–Crippen MR) is 47.5 cm³/mol. The predicted octanol–water partition coefficient (Wildman–Crippen LogP) is 1.31. The molecule has 1 N–H and O–H groups in total. The molecule has 0 atom stereocenters. The topological polar surface area (TPSA) is 45.8 Å². The molecule has 3 nitrogen and oxygen atoms in total. The Morgan fingerprint density at radius 3 is 3.00 bits per heavy atom. The molecule has 4 heteroatoms. The smallest absolute Gasteiger partial charge is 0.226 e. The highest BCUT2D eigenvalue weighted by Gasteiger charge is 1.89. The summed E-state index contributed by atoms with van der Waals surface area (Å²) < 4.78 is 10.8. The molecule has 0 unspecified atom stereocenters. The van der Waals surface area contributed by atoms with Gasteiger partial charge in [0, 0.05) is 17.1 Å². The Balaban J connectivity index is 2.94. The second-order valence-electron chi connectivity index (χ2n) is 2.36. The van der Waals surface area contributed by atoms with Gasteiger partial charge in [-0.15, -0.1) is 0 Å². The van der Waals surface area contributed by atoms with E-state index in [2.05, 4.69) is 9.97 Å². The zero-order valence-corrected chi connectivity index (χ0v) is 6.97. The number of hydrogen-bond acceptors (Lipinski definition) is 2. The van der Waals surface area contributed by atoms with E-state index in [0.717, 1.165) is 10.9 Å². The molecule has 0 bridgehead atoms. The summed E-state index contributed by atoms with van der Waals surface area (Å²) in [6, 6.07) is 7.70. The first kappa shape index (κ1) is 7.24. The van der Waals surface area contributed by atoms with Gasteiger partial charge in [-0.25, -0.2) is 9.19 Å². The van der Waals surface area contributed by atoms with Crippen LogP contribution in [-0.4, -0.2) is 14.2 Å². The summed E-state index contributed by atoms with van der Waals surface area (Å²) in [5.74, 6) is 0. The van der Waals surface area contributed by atoms with Crippen molar-refractivity contribution in [2.75, 3.05) is 0 Å². The SMILES string of the molecule is O=S=c1ncc2ccccc2[nH]1. The molecule has 0 aliphatic carbocycles. The van der Waals surface area contributed by atoms with Crippen molar-refractivity contribution in [3.63, 3.8) is 0 Å². The molecule has 0 aliphatic heterocycles. The van der Waals surface area contributed by atoms with Crippen molar-refractivity contribution in [3.05, 3.63) is 35.2 Å². The van der Waals surface area contributed by atoms with Crippen LogP contribution in [0.4, 0.5) is 0 Å². The monoisotopic (exact) mass is 178 g/mol. The first-order valence-electron chi connectivity index (χ1n) is 3.47. The standard InChI is InChI=1S/C8H6N2OS/c11-12-8-9-5-6-3-1-2-4-7(6)10-8/h1-5,10H. The van der Waals surface area contributed by atoms with Gasteiger partial charge in [0.05, 0.1) is 0 Å². The maximum absolute atomic E-state index is 10.4. The van der Waals surface area contributed by atoms with Crippen LogP contribution in [0.1, 0.15) is 0 Å². The minimum absolute atomic E-state index is 0.367. The molecule has 12 heavy (non-hydrogen) atoms. The average Bonchev–Trinajstić information content (AvgIpc) is 2.17. The Bertz CT molecular complexity index is 499. The van der Waals surface area contributed by atoms with E-state index in [1.54, 1.807) is 6.20 Å². The van der Waals surface area contributed by atoms with Crippen molar-refractivity contribution in [2.24, 2.45) is 0 Å². The first-order valence-corrected chi connectivity index (χ1v) is 4.21. The van der Waals surface area contributed by atoms with Gasteiger partial charge in [0.1, 0.15) is 11.3 Å². The summed E-state index contributed by atoms with van der Waals surface area (Å²) in [5.41, 5.74) is 0.936. The largest absolute Gasteiger partial charge is 0.328 e. The highest BCUT2D eigenvalue weighted by atomic mass is 32.1. The number of nitrogens with one attached hydrogen (secondary N) is 1. The van der Waals surface area contributed by atoms with Crippen LogP contribution < -0.4 is 0 Å². The van der Waals surface area contributed by atoms with E-state index in [4.69, 9.17) is 0 Å². The lowest BCUT2D eigenvalue weighted by atomic mass is 10.2. The van der Waals surface area contributed by atoms with Gasteiger partial charge in [0.15, 0.2) is 0 Å². The van der Waals surface area contributed by atoms with Gasteiger partial charge >= 0.3 is 0 Å². The molecule has 0 spiro atoms. The van der Waals surface area contributed by atoms with Gasteiger partial charge in [0.2, 0.25) is 4.77 Å². The van der Waals surface area contributed by atoms with Crippen LogP contribution in [0.15, 0.2) is 30.5 Å². The van der Waals surface area contributed by atoms with Gasteiger partial charge in [-0.2, -0.15) is 0 Å². The van der Waals surface area contributed by atoms with E-state index in [9.17, 15) is 4.21 Å². The summed E-state index contributed by atoms with van der Waals surface area (Å²) in [4.78, 5) is 6.84. The number of aromatic nitrogens is 2. The molecule has 1 aromatic carbocycles. The summed E-state index contributed by atoms with van der Waals surface area (Å²) in [6.45, 7) is 0. The number of hydrogen-bond donors (Lipinski definition) is 1. The summed E-state index contributed by atoms with van der Waals surface area (Å²) in [7, 11) is 0. The lowest BCUT2D eigenvalue weighted by Gasteiger charge is -1.93. The molecule has 2 aromatic rings. The van der Waals surface area contributed by atoms with Crippen molar-refractivity contribution in [1.82, 2.24) is 9.97 Å². The molecule has 1 heterocycles. The second-order valence-corrected chi connectivity index (χ2v) is 2.91. The Kier molecular flexibility index (Phi) is 1.75. The quantitative estimate of drug-likeness (QED) is 0.618.